The number of hydrogen-bond acceptors (Lipinski definition) is 4. The van der Waals surface area contributed by atoms with Crippen molar-refractivity contribution in [2.75, 3.05) is 33.9 Å². The fourth-order valence-electron chi connectivity index (χ4n) is 1.45. The van der Waals surface area contributed by atoms with Crippen LogP contribution in [-0.4, -0.2) is 44.8 Å². The Bertz CT molecular complexity index is 237. The van der Waals surface area contributed by atoms with E-state index in [0.717, 1.165) is 6.54 Å². The zero-order valence-electron chi connectivity index (χ0n) is 11.9. The van der Waals surface area contributed by atoms with Crippen LogP contribution in [0.4, 0.5) is 0 Å². The van der Waals surface area contributed by atoms with Crippen molar-refractivity contribution in [3.63, 3.8) is 0 Å². The molecule has 1 unspecified atom stereocenters. The van der Waals surface area contributed by atoms with Crippen molar-refractivity contribution in [3.05, 3.63) is 0 Å². The highest BCUT2D eigenvalue weighted by Crippen LogP contribution is 2.44. The van der Waals surface area contributed by atoms with E-state index < -0.39 is 7.75 Å². The number of nitrogens with one attached hydrogen (secondary N) is 1. The van der Waals surface area contributed by atoms with E-state index in [1.54, 1.807) is 0 Å². The molecule has 0 fully saturated rings. The van der Waals surface area contributed by atoms with Gasteiger partial charge in [0.2, 0.25) is 0 Å². The molecule has 6 heteroatoms. The minimum atomic E-state index is -3.16. The second kappa shape index (κ2) is 8.22. The Kier molecular flexibility index (Phi) is 8.25. The van der Waals surface area contributed by atoms with E-state index in [1.165, 1.54) is 0 Å². The normalized spacial score (nSPS) is 14.6. The van der Waals surface area contributed by atoms with Crippen molar-refractivity contribution in [2.24, 2.45) is 5.92 Å². The summed E-state index contributed by atoms with van der Waals surface area (Å²) in [5, 5.41) is 3.03. The van der Waals surface area contributed by atoms with Gasteiger partial charge >= 0.3 is 7.75 Å². The van der Waals surface area contributed by atoms with Crippen LogP contribution in [0.15, 0.2) is 0 Å². The van der Waals surface area contributed by atoms with E-state index in [4.69, 9.17) is 9.05 Å². The predicted octanol–water partition coefficient (Wildman–Crippen LogP) is 2.34. The van der Waals surface area contributed by atoms with Crippen molar-refractivity contribution in [1.82, 2.24) is 9.99 Å². The molecular formula is C11H27N2O3P. The summed E-state index contributed by atoms with van der Waals surface area (Å²) in [7, 11) is 0.817. The molecule has 0 saturated carbocycles. The maximum atomic E-state index is 12.3. The molecule has 0 radical (unpaired) electrons. The van der Waals surface area contributed by atoms with Gasteiger partial charge in [-0.25, -0.2) is 9.65 Å². The van der Waals surface area contributed by atoms with Gasteiger partial charge in [0.15, 0.2) is 0 Å². The second-order valence-corrected chi connectivity index (χ2v) is 6.34. The van der Waals surface area contributed by atoms with E-state index in [0.29, 0.717) is 19.1 Å². The molecule has 104 valence electrons. The molecule has 0 aromatic heterocycles. The smallest absolute Gasteiger partial charge is 0.308 e. The third-order valence-corrected chi connectivity index (χ3v) is 4.13. The van der Waals surface area contributed by atoms with Crippen LogP contribution in [0.25, 0.3) is 0 Å². The van der Waals surface area contributed by atoms with Crippen molar-refractivity contribution in [3.8, 4) is 0 Å². The molecule has 5 nitrogen and oxygen atoms in total. The van der Waals surface area contributed by atoms with Crippen LogP contribution in [0.2, 0.25) is 0 Å². The summed E-state index contributed by atoms with van der Waals surface area (Å²) in [5.41, 5.74) is 0. The van der Waals surface area contributed by atoms with Crippen molar-refractivity contribution in [2.45, 2.75) is 33.7 Å². The number of nitrogens with zero attached hydrogens (tertiary/aromatic N) is 1. The van der Waals surface area contributed by atoms with Crippen molar-refractivity contribution >= 4 is 7.75 Å². The Morgan fingerprint density at radius 2 is 1.65 bits per heavy atom. The Morgan fingerprint density at radius 1 is 1.18 bits per heavy atom. The first kappa shape index (κ1) is 17.1. The molecule has 1 atom stereocenters. The van der Waals surface area contributed by atoms with Gasteiger partial charge in [0, 0.05) is 12.6 Å². The molecule has 1 N–H and O–H groups in total. The highest BCUT2D eigenvalue weighted by molar-refractivity contribution is 7.51. The Morgan fingerprint density at radius 3 is 1.94 bits per heavy atom. The summed E-state index contributed by atoms with van der Waals surface area (Å²) < 4.78 is 22.8. The molecule has 17 heavy (non-hydrogen) atoms. The summed E-state index contributed by atoms with van der Waals surface area (Å²) >= 11 is 0. The molecule has 0 amide bonds. The zero-order chi connectivity index (χ0) is 13.5. The third kappa shape index (κ3) is 7.17. The lowest BCUT2D eigenvalue weighted by Crippen LogP contribution is -2.41. The number of likely N-dealkylation sites (N-methyl/N-ethyl adjacent to an activating group) is 1. The average molecular weight is 266 g/mol. The van der Waals surface area contributed by atoms with E-state index in [9.17, 15) is 4.57 Å². The molecule has 0 bridgehead atoms. The Balaban J connectivity index is 4.61. The van der Waals surface area contributed by atoms with Gasteiger partial charge in [0.05, 0.1) is 13.2 Å². The van der Waals surface area contributed by atoms with Crippen molar-refractivity contribution in [1.29, 1.82) is 0 Å². The van der Waals surface area contributed by atoms with Gasteiger partial charge in [-0.2, -0.15) is 0 Å². The van der Waals surface area contributed by atoms with E-state index in [-0.39, 0.29) is 6.04 Å². The standard InChI is InChI=1S/C11H27N2O3P/c1-7-15-17(14,16-8-2)12-11(10(3)4)9-13(5)6/h10-11H,7-9H2,1-6H3,(H,12,14). The monoisotopic (exact) mass is 266 g/mol. The molecular weight excluding hydrogens is 239 g/mol. The van der Waals surface area contributed by atoms with Gasteiger partial charge in [-0.1, -0.05) is 13.8 Å². The predicted molar refractivity (Wildman–Crippen MR) is 71.2 cm³/mol. The summed E-state index contributed by atoms with van der Waals surface area (Å²) in [6, 6.07) is 0.0777. The van der Waals surface area contributed by atoms with Crippen molar-refractivity contribution < 1.29 is 13.6 Å². The maximum Gasteiger partial charge on any atom is 0.405 e. The molecule has 0 aliphatic carbocycles. The fourth-order valence-corrected chi connectivity index (χ4v) is 3.14. The molecule has 0 heterocycles. The number of rotatable bonds is 9. The fraction of sp³-hybridized carbons (Fsp3) is 1.00. The summed E-state index contributed by atoms with van der Waals surface area (Å²) in [6.07, 6.45) is 0. The Hall–Kier alpha value is 0.0700. The van der Waals surface area contributed by atoms with E-state index >= 15 is 0 Å². The summed E-state index contributed by atoms with van der Waals surface area (Å²) in [6.45, 7) is 9.33. The minimum absolute atomic E-state index is 0.0777. The first-order valence-corrected chi connectivity index (χ1v) is 7.70. The number of hydrogen-bond donors (Lipinski definition) is 1. The van der Waals surface area contributed by atoms with Gasteiger partial charge in [-0.15, -0.1) is 0 Å². The van der Waals surface area contributed by atoms with Gasteiger partial charge in [-0.3, -0.25) is 9.05 Å². The maximum absolute atomic E-state index is 12.3. The van der Waals surface area contributed by atoms with E-state index in [1.807, 2.05) is 27.9 Å². The van der Waals surface area contributed by atoms with Gasteiger partial charge in [0.25, 0.3) is 0 Å². The van der Waals surface area contributed by atoms with Crippen LogP contribution in [0.1, 0.15) is 27.7 Å². The molecule has 0 saturated heterocycles. The quantitative estimate of drug-likeness (QED) is 0.649. The average Bonchev–Trinajstić information content (AvgIpc) is 2.16. The third-order valence-electron chi connectivity index (χ3n) is 2.29. The first-order valence-electron chi connectivity index (χ1n) is 6.16. The molecule has 0 spiro atoms. The van der Waals surface area contributed by atoms with Crippen LogP contribution in [0.3, 0.4) is 0 Å². The topological polar surface area (TPSA) is 50.8 Å². The lowest BCUT2D eigenvalue weighted by molar-refractivity contribution is 0.196. The highest BCUT2D eigenvalue weighted by Gasteiger charge is 2.29. The van der Waals surface area contributed by atoms with Crippen LogP contribution >= 0.6 is 7.75 Å². The van der Waals surface area contributed by atoms with Crippen LogP contribution in [-0.2, 0) is 13.6 Å². The van der Waals surface area contributed by atoms with E-state index in [2.05, 4.69) is 23.8 Å². The first-order chi connectivity index (χ1) is 7.84. The minimum Gasteiger partial charge on any atom is -0.308 e. The largest absolute Gasteiger partial charge is 0.405 e. The van der Waals surface area contributed by atoms with Crippen LogP contribution < -0.4 is 5.09 Å². The molecule has 0 rings (SSSR count). The van der Waals surface area contributed by atoms with Gasteiger partial charge in [0.1, 0.15) is 0 Å². The zero-order valence-corrected chi connectivity index (χ0v) is 12.8. The second-order valence-electron chi connectivity index (χ2n) is 4.57. The molecule has 0 aromatic rings. The SMILES string of the molecule is CCOP(=O)(NC(CN(C)C)C(C)C)OCC. The Labute approximate surface area is 105 Å². The van der Waals surface area contributed by atoms with Gasteiger partial charge < -0.3 is 4.90 Å². The molecule has 0 aromatic carbocycles. The lowest BCUT2D eigenvalue weighted by atomic mass is 10.1. The molecule has 0 aliphatic heterocycles. The van der Waals surface area contributed by atoms with Crippen LogP contribution in [0, 0.1) is 5.92 Å². The summed E-state index contributed by atoms with van der Waals surface area (Å²) in [5.74, 6) is 0.353. The van der Waals surface area contributed by atoms with Gasteiger partial charge in [-0.05, 0) is 33.9 Å². The van der Waals surface area contributed by atoms with Crippen LogP contribution in [0.5, 0.6) is 0 Å². The molecule has 0 aliphatic rings. The lowest BCUT2D eigenvalue weighted by Gasteiger charge is -2.29. The highest BCUT2D eigenvalue weighted by atomic mass is 31.2. The summed E-state index contributed by atoms with van der Waals surface area (Å²) in [4.78, 5) is 2.06.